The summed E-state index contributed by atoms with van der Waals surface area (Å²) in [5.74, 6) is -0.173. The normalized spacial score (nSPS) is 18.6. The van der Waals surface area contributed by atoms with E-state index in [1.54, 1.807) is 53.2 Å². The molecule has 1 amide bonds. The van der Waals surface area contributed by atoms with Crippen molar-refractivity contribution in [3.05, 3.63) is 48.3 Å². The molecule has 140 valence electrons. The average Bonchev–Trinajstić information content (AvgIpc) is 3.06. The summed E-state index contributed by atoms with van der Waals surface area (Å²) < 4.78 is 29.1. The number of amides is 1. The average molecular weight is 376 g/mol. The lowest BCUT2D eigenvalue weighted by atomic mass is 10.0. The Morgan fingerprint density at radius 2 is 2.00 bits per heavy atom. The van der Waals surface area contributed by atoms with E-state index in [0.29, 0.717) is 19.5 Å². The minimum absolute atomic E-state index is 0.173. The number of hydrogen-bond donors (Lipinski definition) is 0. The second kappa shape index (κ2) is 7.59. The van der Waals surface area contributed by atoms with Gasteiger partial charge in [-0.15, -0.1) is 0 Å². The van der Waals surface area contributed by atoms with Gasteiger partial charge in [-0.3, -0.25) is 9.48 Å². The highest BCUT2D eigenvalue weighted by Gasteiger charge is 2.38. The largest absolute Gasteiger partial charge is 0.340 e. The van der Waals surface area contributed by atoms with Crippen LogP contribution < -0.4 is 0 Å². The number of carbonyl (C=O) groups is 1. The van der Waals surface area contributed by atoms with Crippen LogP contribution in [0.4, 0.5) is 0 Å². The Morgan fingerprint density at radius 1 is 1.27 bits per heavy atom. The molecule has 0 radical (unpaired) electrons. The van der Waals surface area contributed by atoms with Crippen LogP contribution >= 0.6 is 0 Å². The topological polar surface area (TPSA) is 75.5 Å². The summed E-state index contributed by atoms with van der Waals surface area (Å²) in [7, 11) is -0.163. The molecule has 0 aliphatic carbocycles. The molecule has 7 nitrogen and oxygen atoms in total. The molecule has 0 saturated carbocycles. The van der Waals surface area contributed by atoms with Crippen LogP contribution in [0.3, 0.4) is 0 Å². The summed E-state index contributed by atoms with van der Waals surface area (Å²) in [6.07, 6.45) is 5.72. The monoisotopic (exact) mass is 376 g/mol. The second-order valence-corrected chi connectivity index (χ2v) is 8.55. The number of piperidine rings is 1. The summed E-state index contributed by atoms with van der Waals surface area (Å²) in [6.45, 7) is 0.775. The number of nitrogens with zero attached hydrogens (tertiary/aromatic N) is 4. The molecule has 1 aliphatic heterocycles. The zero-order valence-electron chi connectivity index (χ0n) is 15.1. The third-order valence-corrected chi connectivity index (χ3v) is 6.57. The number of hydrogen-bond acceptors (Lipinski definition) is 4. The number of rotatable bonds is 5. The SMILES string of the molecule is CN(Cc1cnn(C)c1)C(=O)C1CCCCN1S(=O)(=O)c1ccccc1. The summed E-state index contributed by atoms with van der Waals surface area (Å²) in [5, 5.41) is 4.11. The molecule has 0 bridgehead atoms. The van der Waals surface area contributed by atoms with Crippen LogP contribution in [0.2, 0.25) is 0 Å². The lowest BCUT2D eigenvalue weighted by Crippen LogP contribution is -2.51. The number of sulfonamides is 1. The number of aromatic nitrogens is 2. The third kappa shape index (κ3) is 3.81. The Hall–Kier alpha value is -2.19. The van der Waals surface area contributed by atoms with E-state index in [9.17, 15) is 13.2 Å². The fourth-order valence-corrected chi connectivity index (χ4v) is 5.00. The molecule has 1 atom stereocenters. The molecule has 0 spiro atoms. The molecule has 1 aromatic carbocycles. The lowest BCUT2D eigenvalue weighted by Gasteiger charge is -2.35. The summed E-state index contributed by atoms with van der Waals surface area (Å²) >= 11 is 0. The van der Waals surface area contributed by atoms with Crippen molar-refractivity contribution in [2.75, 3.05) is 13.6 Å². The smallest absolute Gasteiger partial charge is 0.243 e. The first kappa shape index (κ1) is 18.6. The molecule has 1 fully saturated rings. The Labute approximate surface area is 154 Å². The van der Waals surface area contributed by atoms with Gasteiger partial charge in [-0.2, -0.15) is 9.40 Å². The van der Waals surface area contributed by atoms with Crippen molar-refractivity contribution >= 4 is 15.9 Å². The molecule has 1 saturated heterocycles. The first-order chi connectivity index (χ1) is 12.4. The summed E-state index contributed by atoms with van der Waals surface area (Å²) in [5.41, 5.74) is 0.914. The van der Waals surface area contributed by atoms with E-state index >= 15 is 0 Å². The van der Waals surface area contributed by atoms with Crippen LogP contribution in [0.25, 0.3) is 0 Å². The van der Waals surface area contributed by atoms with E-state index < -0.39 is 16.1 Å². The molecule has 2 heterocycles. The molecular formula is C18H24N4O3S. The van der Waals surface area contributed by atoms with Crippen LogP contribution in [0, 0.1) is 0 Å². The zero-order chi connectivity index (χ0) is 18.7. The van der Waals surface area contributed by atoms with Gasteiger partial charge < -0.3 is 4.90 Å². The first-order valence-corrected chi connectivity index (χ1v) is 10.1. The highest BCUT2D eigenvalue weighted by molar-refractivity contribution is 7.89. The Bertz CT molecular complexity index is 864. The van der Waals surface area contributed by atoms with Gasteiger partial charge in [0.25, 0.3) is 0 Å². The van der Waals surface area contributed by atoms with Crippen molar-refractivity contribution < 1.29 is 13.2 Å². The summed E-state index contributed by atoms with van der Waals surface area (Å²) in [6, 6.07) is 7.66. The van der Waals surface area contributed by atoms with Crippen LogP contribution in [-0.2, 0) is 28.4 Å². The number of benzene rings is 1. The van der Waals surface area contributed by atoms with Gasteiger partial charge in [-0.1, -0.05) is 24.6 Å². The maximum Gasteiger partial charge on any atom is 0.243 e. The van der Waals surface area contributed by atoms with E-state index in [1.165, 1.54) is 4.31 Å². The molecule has 3 rings (SSSR count). The molecule has 1 unspecified atom stereocenters. The molecule has 1 aliphatic rings. The maximum atomic E-state index is 13.0. The third-order valence-electron chi connectivity index (χ3n) is 4.64. The van der Waals surface area contributed by atoms with E-state index in [-0.39, 0.29) is 10.8 Å². The van der Waals surface area contributed by atoms with E-state index in [2.05, 4.69) is 5.10 Å². The molecule has 2 aromatic rings. The predicted molar refractivity (Wildman–Crippen MR) is 97.7 cm³/mol. The minimum atomic E-state index is -3.69. The predicted octanol–water partition coefficient (Wildman–Crippen LogP) is 1.62. The van der Waals surface area contributed by atoms with E-state index in [4.69, 9.17) is 0 Å². The van der Waals surface area contributed by atoms with Crippen molar-refractivity contribution in [2.24, 2.45) is 7.05 Å². The summed E-state index contributed by atoms with van der Waals surface area (Å²) in [4.78, 5) is 14.8. The maximum absolute atomic E-state index is 13.0. The van der Waals surface area contributed by atoms with Crippen molar-refractivity contribution in [1.29, 1.82) is 0 Å². The molecule has 0 N–H and O–H groups in total. The molecular weight excluding hydrogens is 352 g/mol. The molecule has 26 heavy (non-hydrogen) atoms. The number of aryl methyl sites for hydroxylation is 1. The van der Waals surface area contributed by atoms with Crippen LogP contribution in [0.15, 0.2) is 47.6 Å². The lowest BCUT2D eigenvalue weighted by molar-refractivity contribution is -0.135. The standard InChI is InChI=1S/C18H24N4O3S/c1-20(13-15-12-19-21(2)14-15)18(23)17-10-6-7-11-22(17)26(24,25)16-8-4-3-5-9-16/h3-5,8-9,12,14,17H,6-7,10-11,13H2,1-2H3. The van der Waals surface area contributed by atoms with E-state index in [1.807, 2.05) is 13.2 Å². The Kier molecular flexibility index (Phi) is 5.43. The van der Waals surface area contributed by atoms with Gasteiger partial charge in [-0.25, -0.2) is 8.42 Å². The van der Waals surface area contributed by atoms with Crippen molar-refractivity contribution in [1.82, 2.24) is 19.0 Å². The van der Waals surface area contributed by atoms with Crippen LogP contribution in [0.5, 0.6) is 0 Å². The molecule has 8 heteroatoms. The molecule has 1 aromatic heterocycles. The van der Waals surface area contributed by atoms with Gasteiger partial charge in [0.1, 0.15) is 6.04 Å². The van der Waals surface area contributed by atoms with E-state index in [0.717, 1.165) is 18.4 Å². The van der Waals surface area contributed by atoms with Crippen molar-refractivity contribution in [2.45, 2.75) is 36.7 Å². The Morgan fingerprint density at radius 3 is 2.65 bits per heavy atom. The van der Waals surface area contributed by atoms with Crippen molar-refractivity contribution in [3.8, 4) is 0 Å². The van der Waals surface area contributed by atoms with Gasteiger partial charge in [0.15, 0.2) is 0 Å². The van der Waals surface area contributed by atoms with Crippen LogP contribution in [0.1, 0.15) is 24.8 Å². The second-order valence-electron chi connectivity index (χ2n) is 6.66. The van der Waals surface area contributed by atoms with Crippen LogP contribution in [-0.4, -0.2) is 52.9 Å². The van der Waals surface area contributed by atoms with Gasteiger partial charge in [0.2, 0.25) is 15.9 Å². The Balaban J connectivity index is 1.81. The number of carbonyl (C=O) groups excluding carboxylic acids is 1. The van der Waals surface area contributed by atoms with Gasteiger partial charge in [0.05, 0.1) is 11.1 Å². The fraction of sp³-hybridized carbons (Fsp3) is 0.444. The highest BCUT2D eigenvalue weighted by Crippen LogP contribution is 2.26. The number of likely N-dealkylation sites (N-methyl/N-ethyl adjacent to an activating group) is 1. The first-order valence-electron chi connectivity index (χ1n) is 8.69. The van der Waals surface area contributed by atoms with Gasteiger partial charge in [0, 0.05) is 38.9 Å². The minimum Gasteiger partial charge on any atom is -0.340 e. The van der Waals surface area contributed by atoms with Gasteiger partial charge >= 0.3 is 0 Å². The quantitative estimate of drug-likeness (QED) is 0.795. The zero-order valence-corrected chi connectivity index (χ0v) is 15.9. The fourth-order valence-electron chi connectivity index (χ4n) is 3.33. The van der Waals surface area contributed by atoms with Gasteiger partial charge in [-0.05, 0) is 25.0 Å². The highest BCUT2D eigenvalue weighted by atomic mass is 32.2. The van der Waals surface area contributed by atoms with Crippen molar-refractivity contribution in [3.63, 3.8) is 0 Å².